The van der Waals surface area contributed by atoms with Crippen LogP contribution in [0.5, 0.6) is 5.75 Å². The zero-order chi connectivity index (χ0) is 13.4. The van der Waals surface area contributed by atoms with Crippen LogP contribution < -0.4 is 4.43 Å². The zero-order valence-electron chi connectivity index (χ0n) is 12.6. The molecule has 0 unspecified atom stereocenters. The Balaban J connectivity index is 3.36. The van der Waals surface area contributed by atoms with Gasteiger partial charge in [0.15, 0.2) is 0 Å². The Morgan fingerprint density at radius 3 is 1.94 bits per heavy atom. The first kappa shape index (κ1) is 14.3. The first-order chi connectivity index (χ1) is 7.50. The molecule has 1 aromatic carbocycles. The monoisotopic (exact) mass is 250 g/mol. The van der Waals surface area contributed by atoms with Crippen molar-refractivity contribution in [3.05, 3.63) is 28.8 Å². The molecule has 1 aromatic rings. The molecule has 0 aliphatic heterocycles. The molecule has 0 N–H and O–H groups in total. The van der Waals surface area contributed by atoms with Crippen LogP contribution in [0.15, 0.2) is 12.1 Å². The maximum absolute atomic E-state index is 6.28. The SMILES string of the molecule is Cc1cc(C)c(O[Si](C)(C)C)c(C(C)(C)C)c1. The smallest absolute Gasteiger partial charge is 0.242 e. The van der Waals surface area contributed by atoms with Gasteiger partial charge in [0.05, 0.1) is 0 Å². The van der Waals surface area contributed by atoms with E-state index in [1.165, 1.54) is 16.7 Å². The highest BCUT2D eigenvalue weighted by Crippen LogP contribution is 2.36. The van der Waals surface area contributed by atoms with Crippen LogP contribution in [0.25, 0.3) is 0 Å². The molecule has 0 radical (unpaired) electrons. The third-order valence-corrected chi connectivity index (χ3v) is 3.45. The number of rotatable bonds is 2. The van der Waals surface area contributed by atoms with Gasteiger partial charge in [-0.2, -0.15) is 0 Å². The standard InChI is InChI=1S/C15H26OSi/c1-11-9-12(2)14(16-17(6,7)8)13(10-11)15(3,4)5/h9-10H,1-8H3. The molecule has 0 amide bonds. The van der Waals surface area contributed by atoms with Crippen LogP contribution in [0.4, 0.5) is 0 Å². The summed E-state index contributed by atoms with van der Waals surface area (Å²) in [4.78, 5) is 0. The molecule has 96 valence electrons. The first-order valence-electron chi connectivity index (χ1n) is 6.31. The molecule has 0 aliphatic rings. The predicted octanol–water partition coefficient (Wildman–Crippen LogP) is 4.81. The molecule has 0 spiro atoms. The predicted molar refractivity (Wildman–Crippen MR) is 78.6 cm³/mol. The van der Waals surface area contributed by atoms with Gasteiger partial charge >= 0.3 is 0 Å². The fraction of sp³-hybridized carbons (Fsp3) is 0.600. The Morgan fingerprint density at radius 2 is 1.53 bits per heavy atom. The van der Waals surface area contributed by atoms with Crippen LogP contribution in [0.2, 0.25) is 19.6 Å². The second-order valence-corrected chi connectivity index (χ2v) is 11.4. The van der Waals surface area contributed by atoms with Crippen LogP contribution in [-0.2, 0) is 5.41 Å². The van der Waals surface area contributed by atoms with E-state index < -0.39 is 8.32 Å². The highest BCUT2D eigenvalue weighted by atomic mass is 28.4. The third-order valence-electron chi connectivity index (χ3n) is 2.64. The van der Waals surface area contributed by atoms with Gasteiger partial charge in [0, 0.05) is 0 Å². The lowest BCUT2D eigenvalue weighted by Crippen LogP contribution is -2.31. The average Bonchev–Trinajstić information content (AvgIpc) is 2.05. The van der Waals surface area contributed by atoms with Gasteiger partial charge in [0.1, 0.15) is 5.75 Å². The lowest BCUT2D eigenvalue weighted by Gasteiger charge is -2.29. The van der Waals surface area contributed by atoms with Crippen molar-refractivity contribution in [2.24, 2.45) is 0 Å². The lowest BCUT2D eigenvalue weighted by molar-refractivity contribution is 0.504. The molecule has 0 fully saturated rings. The van der Waals surface area contributed by atoms with Crippen molar-refractivity contribution in [2.75, 3.05) is 0 Å². The van der Waals surface area contributed by atoms with Gasteiger partial charge < -0.3 is 4.43 Å². The topological polar surface area (TPSA) is 9.23 Å². The molecule has 2 heteroatoms. The molecule has 1 nitrogen and oxygen atoms in total. The van der Waals surface area contributed by atoms with Crippen molar-refractivity contribution in [1.29, 1.82) is 0 Å². The number of aryl methyl sites for hydroxylation is 2. The second kappa shape index (κ2) is 4.49. The van der Waals surface area contributed by atoms with Crippen molar-refractivity contribution >= 4 is 8.32 Å². The van der Waals surface area contributed by atoms with E-state index in [1.54, 1.807) is 0 Å². The second-order valence-electron chi connectivity index (χ2n) is 6.92. The number of hydrogen-bond donors (Lipinski definition) is 0. The summed E-state index contributed by atoms with van der Waals surface area (Å²) in [6, 6.07) is 4.48. The Morgan fingerprint density at radius 1 is 1.00 bits per heavy atom. The lowest BCUT2D eigenvalue weighted by atomic mass is 9.84. The van der Waals surface area contributed by atoms with E-state index in [4.69, 9.17) is 4.43 Å². The Kier molecular flexibility index (Phi) is 3.77. The molecule has 0 heterocycles. The van der Waals surface area contributed by atoms with E-state index in [2.05, 4.69) is 66.4 Å². The van der Waals surface area contributed by atoms with E-state index in [1.807, 2.05) is 0 Å². The molecule has 0 saturated carbocycles. The molecule has 0 bridgehead atoms. The molecular formula is C15H26OSi. The van der Waals surface area contributed by atoms with Crippen molar-refractivity contribution in [2.45, 2.75) is 59.7 Å². The molecule has 0 aromatic heterocycles. The van der Waals surface area contributed by atoms with Gasteiger partial charge in [-0.3, -0.25) is 0 Å². The highest BCUT2D eigenvalue weighted by molar-refractivity contribution is 6.70. The van der Waals surface area contributed by atoms with E-state index in [-0.39, 0.29) is 5.41 Å². The van der Waals surface area contributed by atoms with Crippen molar-refractivity contribution in [1.82, 2.24) is 0 Å². The summed E-state index contributed by atoms with van der Waals surface area (Å²) in [6.45, 7) is 17.8. The van der Waals surface area contributed by atoms with Crippen LogP contribution in [0.3, 0.4) is 0 Å². The summed E-state index contributed by atoms with van der Waals surface area (Å²) < 4.78 is 6.28. The Hall–Kier alpha value is -0.763. The van der Waals surface area contributed by atoms with Crippen LogP contribution in [0.1, 0.15) is 37.5 Å². The fourth-order valence-corrected chi connectivity index (χ4v) is 2.84. The average molecular weight is 250 g/mol. The summed E-state index contributed by atoms with van der Waals surface area (Å²) in [7, 11) is -1.56. The summed E-state index contributed by atoms with van der Waals surface area (Å²) in [5.74, 6) is 1.11. The van der Waals surface area contributed by atoms with E-state index in [0.717, 1.165) is 5.75 Å². The minimum absolute atomic E-state index is 0.131. The van der Waals surface area contributed by atoms with Gasteiger partial charge in [-0.05, 0) is 50.0 Å². The largest absolute Gasteiger partial charge is 0.544 e. The molecule has 0 saturated heterocycles. The molecule has 0 atom stereocenters. The van der Waals surface area contributed by atoms with E-state index >= 15 is 0 Å². The van der Waals surface area contributed by atoms with Crippen molar-refractivity contribution in [3.63, 3.8) is 0 Å². The maximum atomic E-state index is 6.28. The van der Waals surface area contributed by atoms with Crippen LogP contribution in [0, 0.1) is 13.8 Å². The Bertz CT molecular complexity index is 408. The number of benzene rings is 1. The third kappa shape index (κ3) is 3.88. The highest BCUT2D eigenvalue weighted by Gasteiger charge is 2.25. The van der Waals surface area contributed by atoms with Gasteiger partial charge in [-0.25, -0.2) is 0 Å². The van der Waals surface area contributed by atoms with Crippen LogP contribution >= 0.6 is 0 Å². The molecule has 17 heavy (non-hydrogen) atoms. The molecular weight excluding hydrogens is 224 g/mol. The number of hydrogen-bond acceptors (Lipinski definition) is 1. The maximum Gasteiger partial charge on any atom is 0.242 e. The summed E-state index contributed by atoms with van der Waals surface area (Å²) in [6.07, 6.45) is 0. The van der Waals surface area contributed by atoms with Crippen molar-refractivity contribution < 1.29 is 4.43 Å². The zero-order valence-corrected chi connectivity index (χ0v) is 13.6. The molecule has 1 rings (SSSR count). The normalized spacial score (nSPS) is 12.7. The van der Waals surface area contributed by atoms with Crippen molar-refractivity contribution in [3.8, 4) is 5.75 Å². The van der Waals surface area contributed by atoms with Gasteiger partial charge in [-0.1, -0.05) is 38.5 Å². The van der Waals surface area contributed by atoms with Gasteiger partial charge in [0.25, 0.3) is 0 Å². The van der Waals surface area contributed by atoms with E-state index in [9.17, 15) is 0 Å². The van der Waals surface area contributed by atoms with E-state index in [0.29, 0.717) is 0 Å². The summed E-state index contributed by atoms with van der Waals surface area (Å²) in [5.41, 5.74) is 4.04. The minimum Gasteiger partial charge on any atom is -0.544 e. The Labute approximate surface area is 107 Å². The van der Waals surface area contributed by atoms with Crippen LogP contribution in [-0.4, -0.2) is 8.32 Å². The van der Waals surface area contributed by atoms with Gasteiger partial charge in [-0.15, -0.1) is 0 Å². The minimum atomic E-state index is -1.56. The molecule has 0 aliphatic carbocycles. The quantitative estimate of drug-likeness (QED) is 0.684. The summed E-state index contributed by atoms with van der Waals surface area (Å²) >= 11 is 0. The fourth-order valence-electron chi connectivity index (χ4n) is 1.95. The first-order valence-corrected chi connectivity index (χ1v) is 9.72. The van der Waals surface area contributed by atoms with Gasteiger partial charge in [0.2, 0.25) is 8.32 Å². The summed E-state index contributed by atoms with van der Waals surface area (Å²) in [5, 5.41) is 0.